The molecule has 0 aliphatic carbocycles. The van der Waals surface area contributed by atoms with Crippen molar-refractivity contribution in [3.63, 3.8) is 0 Å². The summed E-state index contributed by atoms with van der Waals surface area (Å²) in [7, 11) is 0. The van der Waals surface area contributed by atoms with Crippen LogP contribution in [0.25, 0.3) is 16.7 Å². The van der Waals surface area contributed by atoms with E-state index in [4.69, 9.17) is 16.6 Å². The third-order valence-corrected chi connectivity index (χ3v) is 4.16. The number of halogens is 2. The number of imidazole rings is 1. The monoisotopic (exact) mass is 396 g/mol. The van der Waals surface area contributed by atoms with E-state index in [1.807, 2.05) is 6.92 Å². The van der Waals surface area contributed by atoms with Gasteiger partial charge in [0.2, 0.25) is 0 Å². The Hall–Kier alpha value is -1.07. The lowest BCUT2D eigenvalue weighted by molar-refractivity contribution is 0.882. The molecular formula is C16H14ClIN2. The molecule has 1 atom stereocenters. The van der Waals surface area contributed by atoms with Gasteiger partial charge in [-0.3, -0.25) is 4.57 Å². The zero-order valence-corrected chi connectivity index (χ0v) is 14.2. The summed E-state index contributed by atoms with van der Waals surface area (Å²) >= 11 is 8.62. The molecule has 0 bridgehead atoms. The van der Waals surface area contributed by atoms with Gasteiger partial charge in [0, 0.05) is 9.26 Å². The van der Waals surface area contributed by atoms with E-state index in [0.717, 1.165) is 22.5 Å². The van der Waals surface area contributed by atoms with Crippen LogP contribution in [0.3, 0.4) is 0 Å². The SMILES string of the molecule is Cc1ccc(-n2c(C(C)Cl)nc3cc(I)ccc32)cc1. The molecule has 0 aliphatic heterocycles. The number of aromatic nitrogens is 2. The van der Waals surface area contributed by atoms with Crippen molar-refractivity contribution >= 4 is 45.2 Å². The number of hydrogen-bond acceptors (Lipinski definition) is 1. The molecule has 0 N–H and O–H groups in total. The number of alkyl halides is 1. The highest BCUT2D eigenvalue weighted by atomic mass is 127. The molecule has 0 saturated carbocycles. The van der Waals surface area contributed by atoms with Crippen LogP contribution in [-0.2, 0) is 0 Å². The average Bonchev–Trinajstić information content (AvgIpc) is 2.78. The van der Waals surface area contributed by atoms with E-state index in [0.29, 0.717) is 0 Å². The van der Waals surface area contributed by atoms with Crippen LogP contribution < -0.4 is 0 Å². The smallest absolute Gasteiger partial charge is 0.132 e. The number of nitrogens with zero attached hydrogens (tertiary/aromatic N) is 2. The first-order valence-electron chi connectivity index (χ1n) is 6.45. The van der Waals surface area contributed by atoms with Crippen molar-refractivity contribution in [3.8, 4) is 5.69 Å². The highest BCUT2D eigenvalue weighted by Crippen LogP contribution is 2.29. The van der Waals surface area contributed by atoms with Crippen LogP contribution >= 0.6 is 34.2 Å². The number of hydrogen-bond donors (Lipinski definition) is 0. The van der Waals surface area contributed by atoms with Crippen LogP contribution in [0.1, 0.15) is 23.7 Å². The van der Waals surface area contributed by atoms with E-state index >= 15 is 0 Å². The third-order valence-electron chi connectivity index (χ3n) is 3.29. The maximum Gasteiger partial charge on any atom is 0.132 e. The molecule has 0 fully saturated rings. The number of benzene rings is 2. The molecule has 3 rings (SSSR count). The summed E-state index contributed by atoms with van der Waals surface area (Å²) < 4.78 is 3.32. The molecule has 2 nitrogen and oxygen atoms in total. The Kier molecular flexibility index (Phi) is 3.73. The van der Waals surface area contributed by atoms with E-state index in [-0.39, 0.29) is 5.38 Å². The third kappa shape index (κ3) is 2.44. The van der Waals surface area contributed by atoms with Crippen LogP contribution in [-0.4, -0.2) is 9.55 Å². The first kappa shape index (κ1) is 13.9. The second-order valence-corrected chi connectivity index (χ2v) is 6.79. The number of aryl methyl sites for hydroxylation is 1. The molecular weight excluding hydrogens is 383 g/mol. The fraction of sp³-hybridized carbons (Fsp3) is 0.188. The van der Waals surface area contributed by atoms with Crippen molar-refractivity contribution in [2.45, 2.75) is 19.2 Å². The molecule has 1 aromatic heterocycles. The molecule has 0 amide bonds. The Morgan fingerprint density at radius 1 is 1.15 bits per heavy atom. The predicted octanol–water partition coefficient (Wildman–Crippen LogP) is 5.24. The lowest BCUT2D eigenvalue weighted by atomic mass is 10.2. The van der Waals surface area contributed by atoms with E-state index in [1.54, 1.807) is 0 Å². The van der Waals surface area contributed by atoms with Crippen molar-refractivity contribution in [2.24, 2.45) is 0 Å². The fourth-order valence-electron chi connectivity index (χ4n) is 2.30. The highest BCUT2D eigenvalue weighted by Gasteiger charge is 2.16. The maximum atomic E-state index is 6.32. The summed E-state index contributed by atoms with van der Waals surface area (Å²) in [6, 6.07) is 14.7. The van der Waals surface area contributed by atoms with Crippen LogP contribution in [0.2, 0.25) is 0 Å². The van der Waals surface area contributed by atoms with Crippen LogP contribution in [0.15, 0.2) is 42.5 Å². The van der Waals surface area contributed by atoms with E-state index in [2.05, 4.69) is 76.5 Å². The average molecular weight is 397 g/mol. The standard InChI is InChI=1S/C16H14ClIN2/c1-10-3-6-13(7-4-10)20-15-8-5-12(18)9-14(15)19-16(20)11(2)17/h3-9,11H,1-2H3. The summed E-state index contributed by atoms with van der Waals surface area (Å²) in [4.78, 5) is 4.70. The Morgan fingerprint density at radius 3 is 2.50 bits per heavy atom. The first-order valence-corrected chi connectivity index (χ1v) is 7.97. The molecule has 0 saturated heterocycles. The maximum absolute atomic E-state index is 6.32. The van der Waals surface area contributed by atoms with E-state index < -0.39 is 0 Å². The summed E-state index contributed by atoms with van der Waals surface area (Å²) in [5.41, 5.74) is 4.42. The van der Waals surface area contributed by atoms with Gasteiger partial charge in [0.25, 0.3) is 0 Å². The van der Waals surface area contributed by atoms with Crippen molar-refractivity contribution in [1.82, 2.24) is 9.55 Å². The Bertz CT molecular complexity index is 760. The Morgan fingerprint density at radius 2 is 1.85 bits per heavy atom. The van der Waals surface area contributed by atoms with Crippen molar-refractivity contribution < 1.29 is 0 Å². The summed E-state index contributed by atoms with van der Waals surface area (Å²) in [6.45, 7) is 4.04. The summed E-state index contributed by atoms with van der Waals surface area (Å²) in [5.74, 6) is 0.882. The molecule has 3 aromatic rings. The molecule has 1 heterocycles. The fourth-order valence-corrected chi connectivity index (χ4v) is 2.93. The van der Waals surface area contributed by atoms with Crippen molar-refractivity contribution in [2.75, 3.05) is 0 Å². The van der Waals surface area contributed by atoms with Crippen LogP contribution in [0, 0.1) is 10.5 Å². The van der Waals surface area contributed by atoms with Gasteiger partial charge >= 0.3 is 0 Å². The molecule has 0 radical (unpaired) electrons. The minimum Gasteiger partial charge on any atom is -0.295 e. The molecule has 1 unspecified atom stereocenters. The van der Waals surface area contributed by atoms with Gasteiger partial charge in [-0.2, -0.15) is 0 Å². The molecule has 0 aliphatic rings. The zero-order valence-electron chi connectivity index (χ0n) is 11.3. The second-order valence-electron chi connectivity index (χ2n) is 4.89. The van der Waals surface area contributed by atoms with E-state index in [1.165, 1.54) is 9.13 Å². The quantitative estimate of drug-likeness (QED) is 0.428. The van der Waals surface area contributed by atoms with Crippen LogP contribution in [0.4, 0.5) is 0 Å². The van der Waals surface area contributed by atoms with Gasteiger partial charge in [-0.05, 0) is 66.8 Å². The normalized spacial score (nSPS) is 12.8. The number of rotatable bonds is 2. The predicted molar refractivity (Wildman–Crippen MR) is 92.8 cm³/mol. The minimum absolute atomic E-state index is 0.138. The summed E-state index contributed by atoms with van der Waals surface area (Å²) in [6.07, 6.45) is 0. The van der Waals surface area contributed by atoms with E-state index in [9.17, 15) is 0 Å². The Balaban J connectivity index is 2.31. The summed E-state index contributed by atoms with van der Waals surface area (Å²) in [5, 5.41) is -0.138. The number of fused-ring (bicyclic) bond motifs is 1. The molecule has 2 aromatic carbocycles. The van der Waals surface area contributed by atoms with Gasteiger partial charge in [-0.1, -0.05) is 17.7 Å². The lowest BCUT2D eigenvalue weighted by Crippen LogP contribution is -2.01. The first-order chi connectivity index (χ1) is 9.56. The molecule has 102 valence electrons. The van der Waals surface area contributed by atoms with Gasteiger partial charge < -0.3 is 0 Å². The van der Waals surface area contributed by atoms with Crippen LogP contribution in [0.5, 0.6) is 0 Å². The second kappa shape index (κ2) is 5.37. The largest absolute Gasteiger partial charge is 0.295 e. The zero-order chi connectivity index (χ0) is 14.3. The van der Waals surface area contributed by atoms with Gasteiger partial charge in [-0.25, -0.2) is 4.98 Å². The minimum atomic E-state index is -0.138. The van der Waals surface area contributed by atoms with Crippen molar-refractivity contribution in [1.29, 1.82) is 0 Å². The molecule has 20 heavy (non-hydrogen) atoms. The lowest BCUT2D eigenvalue weighted by Gasteiger charge is -2.10. The Labute approximate surface area is 136 Å². The van der Waals surface area contributed by atoms with Gasteiger partial charge in [0.1, 0.15) is 5.82 Å². The molecule has 0 spiro atoms. The van der Waals surface area contributed by atoms with Gasteiger partial charge in [0.05, 0.1) is 16.4 Å². The topological polar surface area (TPSA) is 17.8 Å². The molecule has 4 heteroatoms. The van der Waals surface area contributed by atoms with Gasteiger partial charge in [0.15, 0.2) is 0 Å². The van der Waals surface area contributed by atoms with Crippen molar-refractivity contribution in [3.05, 3.63) is 57.4 Å². The highest BCUT2D eigenvalue weighted by molar-refractivity contribution is 14.1. The van der Waals surface area contributed by atoms with Gasteiger partial charge in [-0.15, -0.1) is 11.6 Å².